The van der Waals surface area contributed by atoms with Crippen LogP contribution in [-0.4, -0.2) is 23.4 Å². The second-order valence-corrected chi connectivity index (χ2v) is 15.0. The third kappa shape index (κ3) is 9.59. The van der Waals surface area contributed by atoms with Gasteiger partial charge in [0.2, 0.25) is 5.69 Å². The van der Waals surface area contributed by atoms with E-state index in [1.807, 2.05) is 0 Å². The number of hydrogen-bond donors (Lipinski definition) is 0. The van der Waals surface area contributed by atoms with E-state index in [1.54, 1.807) is 0 Å². The van der Waals surface area contributed by atoms with E-state index in [-0.39, 0.29) is 37.3 Å². The number of ether oxygens (including phenoxy) is 1. The second-order valence-electron chi connectivity index (χ2n) is 15.0. The molecule has 0 amide bonds. The summed E-state index contributed by atoms with van der Waals surface area (Å²) in [5, 5.41) is 2.67. The van der Waals surface area contributed by atoms with Crippen LogP contribution in [0.3, 0.4) is 0 Å². The number of nitrogens with zero attached hydrogens (tertiary/aromatic N) is 1. The Balaban J connectivity index is 0.000000778. The molecule has 0 bridgehead atoms. The number of allylic oxidation sites excluding steroid dienone is 2. The van der Waals surface area contributed by atoms with Crippen LogP contribution in [-0.2, 0) is 28.9 Å². The van der Waals surface area contributed by atoms with E-state index in [1.165, 1.54) is 108 Å². The first-order chi connectivity index (χ1) is 22.8. The van der Waals surface area contributed by atoms with E-state index in [0.717, 1.165) is 18.7 Å². The van der Waals surface area contributed by atoms with Crippen molar-refractivity contribution >= 4 is 22.2 Å². The fourth-order valence-electron chi connectivity index (χ4n) is 8.36. The molecule has 0 aromatic heterocycles. The van der Waals surface area contributed by atoms with Gasteiger partial charge in [-0.3, -0.25) is 0 Å². The van der Waals surface area contributed by atoms with Gasteiger partial charge in [-0.2, -0.15) is 4.58 Å². The van der Waals surface area contributed by atoms with Crippen molar-refractivity contribution in [3.05, 3.63) is 134 Å². The molecule has 1 aliphatic heterocycles. The molecule has 1 heterocycles. The molecular formula is C47H62FeNO+. The molecule has 2 aliphatic carbocycles. The predicted molar refractivity (Wildman–Crippen MR) is 214 cm³/mol. The van der Waals surface area contributed by atoms with Crippen LogP contribution in [0.1, 0.15) is 112 Å². The standard InChI is InChI=1S/C40H46NO.C5H10.2CH3.Fe/c1-28(2)33-15-18-35(19-16-33)42-23-22-41-37-20-17-34-12-8-9-13-36(34)39(37)40(5,27-32-25-29(3)24-30(4)26-32)38(41)21-14-31-10-6-7-11-31;1-2-4-5-3-1;;;/h8-9,12-21,24-26,28,31H,6-7,10-11,22-23,27H2,1-5H3;1-5H2;2*1H3;/q+1;;2*-1;+2/b21-14+;;;;. The van der Waals surface area contributed by atoms with E-state index in [9.17, 15) is 0 Å². The summed E-state index contributed by atoms with van der Waals surface area (Å²) in [6.07, 6.45) is 18.8. The van der Waals surface area contributed by atoms with Crippen LogP contribution < -0.4 is 4.74 Å². The van der Waals surface area contributed by atoms with Gasteiger partial charge in [-0.1, -0.05) is 131 Å². The van der Waals surface area contributed by atoms with Crippen LogP contribution in [0.4, 0.5) is 5.69 Å². The Morgan fingerprint density at radius 1 is 0.800 bits per heavy atom. The quantitative estimate of drug-likeness (QED) is 0.0956. The Kier molecular flexibility index (Phi) is 15.6. The second kappa shape index (κ2) is 18.9. The molecule has 3 aliphatic rings. The van der Waals surface area contributed by atoms with Gasteiger partial charge in [0.15, 0.2) is 12.3 Å². The number of aryl methyl sites for hydroxylation is 2. The van der Waals surface area contributed by atoms with Crippen LogP contribution in [0.5, 0.6) is 5.75 Å². The summed E-state index contributed by atoms with van der Waals surface area (Å²) in [5.41, 5.74) is 9.44. The van der Waals surface area contributed by atoms with Crippen molar-refractivity contribution < 1.29 is 26.4 Å². The Morgan fingerprint density at radius 2 is 1.42 bits per heavy atom. The zero-order valence-corrected chi connectivity index (χ0v) is 33.1. The van der Waals surface area contributed by atoms with Crippen LogP contribution >= 0.6 is 0 Å². The largest absolute Gasteiger partial charge is 2.00 e. The minimum atomic E-state index is -0.162. The number of hydrogen-bond acceptors (Lipinski definition) is 1. The molecule has 0 N–H and O–H groups in total. The SMILES string of the molecule is C1CCCC1.Cc1cc(C)cc(CC2(C)C(/C=C/C3CCCC3)=[N+](CCOc3ccc(C(C)C)cc3)c3ccc4ccccc4c32)c1.[CH3-].[CH3-].[Fe+2]. The fourth-order valence-corrected chi connectivity index (χ4v) is 8.36. The zero-order valence-electron chi connectivity index (χ0n) is 32.0. The number of benzene rings is 4. The number of rotatable bonds is 9. The Morgan fingerprint density at radius 3 is 2.04 bits per heavy atom. The Labute approximate surface area is 315 Å². The molecule has 0 spiro atoms. The zero-order chi connectivity index (χ0) is 32.8. The van der Waals surface area contributed by atoms with Gasteiger partial charge in [0, 0.05) is 17.7 Å². The van der Waals surface area contributed by atoms with Gasteiger partial charge in [0.25, 0.3) is 0 Å². The maximum absolute atomic E-state index is 6.37. The maximum atomic E-state index is 6.37. The first-order valence-electron chi connectivity index (χ1n) is 18.5. The van der Waals surface area contributed by atoms with Crippen molar-refractivity contribution in [2.75, 3.05) is 13.2 Å². The van der Waals surface area contributed by atoms with E-state index in [4.69, 9.17) is 4.74 Å². The van der Waals surface area contributed by atoms with Crippen molar-refractivity contribution in [3.63, 3.8) is 0 Å². The molecule has 4 aromatic rings. The van der Waals surface area contributed by atoms with Gasteiger partial charge in [0.1, 0.15) is 12.4 Å². The van der Waals surface area contributed by atoms with E-state index in [2.05, 4.69) is 130 Å². The molecule has 1 atom stereocenters. The van der Waals surface area contributed by atoms with E-state index >= 15 is 0 Å². The van der Waals surface area contributed by atoms with E-state index in [0.29, 0.717) is 18.4 Å². The molecule has 2 saturated carbocycles. The van der Waals surface area contributed by atoms with Crippen molar-refractivity contribution in [2.45, 2.75) is 110 Å². The van der Waals surface area contributed by atoms with Crippen LogP contribution in [0, 0.1) is 34.6 Å². The molecule has 0 radical (unpaired) electrons. The van der Waals surface area contributed by atoms with Gasteiger partial charge in [-0.15, -0.1) is 0 Å². The average Bonchev–Trinajstić information content (AvgIpc) is 3.84. The third-order valence-electron chi connectivity index (χ3n) is 10.8. The van der Waals surface area contributed by atoms with Crippen molar-refractivity contribution in [2.24, 2.45) is 5.92 Å². The summed E-state index contributed by atoms with van der Waals surface area (Å²) >= 11 is 0. The smallest absolute Gasteiger partial charge is 0.487 e. The minimum Gasteiger partial charge on any atom is -0.487 e. The molecule has 0 saturated heterocycles. The van der Waals surface area contributed by atoms with Crippen molar-refractivity contribution in [1.29, 1.82) is 0 Å². The molecule has 4 aromatic carbocycles. The van der Waals surface area contributed by atoms with Crippen LogP contribution in [0.15, 0.2) is 91.0 Å². The normalized spacial score (nSPS) is 18.4. The van der Waals surface area contributed by atoms with Gasteiger partial charge >= 0.3 is 17.1 Å². The summed E-state index contributed by atoms with van der Waals surface area (Å²) in [6, 6.07) is 29.3. The van der Waals surface area contributed by atoms with Gasteiger partial charge in [0.05, 0.1) is 5.41 Å². The molecule has 7 rings (SSSR count). The minimum absolute atomic E-state index is 0. The van der Waals surface area contributed by atoms with Gasteiger partial charge in [-0.25, -0.2) is 0 Å². The summed E-state index contributed by atoms with van der Waals surface area (Å²) in [4.78, 5) is 0. The molecule has 1 unspecified atom stereocenters. The summed E-state index contributed by atoms with van der Waals surface area (Å²) in [7, 11) is 0. The molecule has 50 heavy (non-hydrogen) atoms. The third-order valence-corrected chi connectivity index (χ3v) is 10.8. The molecule has 268 valence electrons. The molecular weight excluding hydrogens is 650 g/mol. The van der Waals surface area contributed by atoms with Crippen LogP contribution in [0.2, 0.25) is 0 Å². The fraction of sp³-hybridized carbons (Fsp3) is 0.426. The Bertz CT molecular complexity index is 1690. The van der Waals surface area contributed by atoms with Crippen molar-refractivity contribution in [3.8, 4) is 5.75 Å². The summed E-state index contributed by atoms with van der Waals surface area (Å²) in [6.45, 7) is 12.8. The van der Waals surface area contributed by atoms with Gasteiger partial charge < -0.3 is 19.6 Å². The molecule has 2 nitrogen and oxygen atoms in total. The number of fused-ring (bicyclic) bond motifs is 3. The van der Waals surface area contributed by atoms with Crippen LogP contribution in [0.25, 0.3) is 10.8 Å². The average molecular weight is 713 g/mol. The summed E-state index contributed by atoms with van der Waals surface area (Å²) in [5.74, 6) is 2.15. The molecule has 2 fully saturated rings. The van der Waals surface area contributed by atoms with Gasteiger partial charge in [-0.05, 0) is 92.0 Å². The van der Waals surface area contributed by atoms with E-state index < -0.39 is 0 Å². The monoisotopic (exact) mass is 712 g/mol. The maximum Gasteiger partial charge on any atom is 2.00 e. The summed E-state index contributed by atoms with van der Waals surface area (Å²) < 4.78 is 8.94. The topological polar surface area (TPSA) is 12.2 Å². The first-order valence-corrected chi connectivity index (χ1v) is 18.5. The molecule has 3 heteroatoms. The Hall–Kier alpha value is -3.13. The van der Waals surface area contributed by atoms with Crippen molar-refractivity contribution in [1.82, 2.24) is 0 Å². The predicted octanol–water partition coefficient (Wildman–Crippen LogP) is 12.9. The first kappa shape index (κ1) is 41.3.